The molecule has 0 radical (unpaired) electrons. The van der Waals surface area contributed by atoms with Crippen LogP contribution in [-0.4, -0.2) is 39.8 Å². The molecule has 0 atom stereocenters. The Kier molecular flexibility index (Phi) is 6.97. The molecule has 6 nitrogen and oxygen atoms in total. The van der Waals surface area contributed by atoms with Gasteiger partial charge in [-0.25, -0.2) is 4.79 Å². The van der Waals surface area contributed by atoms with Crippen LogP contribution in [0.4, 0.5) is 13.2 Å². The molecule has 28 heavy (non-hydrogen) atoms. The van der Waals surface area contributed by atoms with Crippen LogP contribution < -0.4 is 18.9 Å². The minimum absolute atomic E-state index is 0.207. The van der Waals surface area contributed by atoms with Gasteiger partial charge in [0.2, 0.25) is 5.75 Å². The lowest BCUT2D eigenvalue weighted by atomic mass is 10.0. The highest BCUT2D eigenvalue weighted by Gasteiger charge is 2.31. The molecule has 0 unspecified atom stereocenters. The molecule has 152 valence electrons. The Balaban J connectivity index is 2.30. The number of halogens is 3. The van der Waals surface area contributed by atoms with Crippen LogP contribution in [0.25, 0.3) is 11.1 Å². The maximum atomic E-state index is 12.3. The minimum atomic E-state index is -4.76. The van der Waals surface area contributed by atoms with E-state index in [1.807, 2.05) is 0 Å². The lowest BCUT2D eigenvalue weighted by molar-refractivity contribution is -0.274. The number of esters is 1. The van der Waals surface area contributed by atoms with Crippen molar-refractivity contribution >= 4 is 5.97 Å². The molecule has 2 aromatic carbocycles. The molecular weight excluding hydrogens is 381 g/mol. The number of carbonyl (C=O) groups is 1. The van der Waals surface area contributed by atoms with E-state index in [9.17, 15) is 18.0 Å². The van der Waals surface area contributed by atoms with Crippen molar-refractivity contribution in [2.45, 2.75) is 13.3 Å². The summed E-state index contributed by atoms with van der Waals surface area (Å²) in [7, 11) is 2.83. The van der Waals surface area contributed by atoms with Crippen molar-refractivity contribution in [3.8, 4) is 34.1 Å². The normalized spacial score (nSPS) is 10.9. The van der Waals surface area contributed by atoms with E-state index in [1.54, 1.807) is 19.1 Å². The van der Waals surface area contributed by atoms with Gasteiger partial charge in [-0.1, -0.05) is 12.1 Å². The third kappa shape index (κ3) is 5.70. The molecule has 0 saturated carbocycles. The van der Waals surface area contributed by atoms with Crippen LogP contribution in [0.2, 0.25) is 0 Å². The summed E-state index contributed by atoms with van der Waals surface area (Å²) < 4.78 is 61.6. The van der Waals surface area contributed by atoms with Crippen molar-refractivity contribution in [1.29, 1.82) is 0 Å². The van der Waals surface area contributed by atoms with Gasteiger partial charge < -0.3 is 23.7 Å². The van der Waals surface area contributed by atoms with Gasteiger partial charge in [-0.2, -0.15) is 0 Å². The highest BCUT2D eigenvalue weighted by Crippen LogP contribution is 2.41. The highest BCUT2D eigenvalue weighted by molar-refractivity contribution is 5.73. The number of methoxy groups -OCH3 is 2. The van der Waals surface area contributed by atoms with Crippen LogP contribution in [0.3, 0.4) is 0 Å². The molecule has 0 saturated heterocycles. The Labute approximate surface area is 159 Å². The maximum Gasteiger partial charge on any atom is 0.573 e. The van der Waals surface area contributed by atoms with E-state index in [-0.39, 0.29) is 36.2 Å². The van der Waals surface area contributed by atoms with Gasteiger partial charge in [-0.05, 0) is 42.3 Å². The van der Waals surface area contributed by atoms with Crippen LogP contribution >= 0.6 is 0 Å². The van der Waals surface area contributed by atoms with Crippen molar-refractivity contribution < 1.29 is 41.7 Å². The first-order valence-electron chi connectivity index (χ1n) is 8.18. The van der Waals surface area contributed by atoms with Crippen molar-refractivity contribution in [3.63, 3.8) is 0 Å². The fraction of sp³-hybridized carbons (Fsp3) is 0.316. The van der Waals surface area contributed by atoms with Gasteiger partial charge in [-0.15, -0.1) is 13.2 Å². The first kappa shape index (κ1) is 21.2. The maximum absolute atomic E-state index is 12.3. The molecule has 0 heterocycles. The van der Waals surface area contributed by atoms with Crippen molar-refractivity contribution in [3.05, 3.63) is 36.4 Å². The summed E-state index contributed by atoms with van der Waals surface area (Å²) in [6.45, 7) is 1.58. The van der Waals surface area contributed by atoms with Gasteiger partial charge in [0.05, 0.1) is 20.8 Å². The van der Waals surface area contributed by atoms with Gasteiger partial charge >= 0.3 is 12.3 Å². The number of benzene rings is 2. The standard InChI is InChI=1S/C19H19F3O6/c1-4-26-17(23)11-27-18-15(24-2)9-13(10-16(18)25-3)12-5-7-14(8-6-12)28-19(20,21)22/h5-10H,4,11H2,1-3H3. The zero-order valence-electron chi connectivity index (χ0n) is 15.5. The molecule has 0 spiro atoms. The second-order valence-electron chi connectivity index (χ2n) is 5.38. The van der Waals surface area contributed by atoms with Crippen molar-refractivity contribution in [2.75, 3.05) is 27.4 Å². The van der Waals surface area contributed by atoms with E-state index in [2.05, 4.69) is 4.74 Å². The summed E-state index contributed by atoms with van der Waals surface area (Å²) >= 11 is 0. The molecule has 9 heteroatoms. The van der Waals surface area contributed by atoms with E-state index in [0.717, 1.165) is 0 Å². The lowest BCUT2D eigenvalue weighted by Crippen LogP contribution is -2.16. The number of hydrogen-bond acceptors (Lipinski definition) is 6. The van der Waals surface area contributed by atoms with Crippen LogP contribution in [-0.2, 0) is 9.53 Å². The molecule has 0 bridgehead atoms. The van der Waals surface area contributed by atoms with Gasteiger partial charge in [0, 0.05) is 0 Å². The van der Waals surface area contributed by atoms with Gasteiger partial charge in [0.25, 0.3) is 0 Å². The van der Waals surface area contributed by atoms with E-state index in [4.69, 9.17) is 18.9 Å². The summed E-state index contributed by atoms with van der Waals surface area (Å²) in [4.78, 5) is 11.5. The quantitative estimate of drug-likeness (QED) is 0.619. The third-order valence-electron chi connectivity index (χ3n) is 3.52. The van der Waals surface area contributed by atoms with E-state index >= 15 is 0 Å². The van der Waals surface area contributed by atoms with Crippen molar-refractivity contribution in [2.24, 2.45) is 0 Å². The second-order valence-corrected chi connectivity index (χ2v) is 5.38. The van der Waals surface area contributed by atoms with Gasteiger partial charge in [0.15, 0.2) is 18.1 Å². The summed E-state index contributed by atoms with van der Waals surface area (Å²) in [5, 5.41) is 0. The summed E-state index contributed by atoms with van der Waals surface area (Å²) in [6.07, 6.45) is -4.76. The molecule has 2 aromatic rings. The van der Waals surface area contributed by atoms with Gasteiger partial charge in [0.1, 0.15) is 5.75 Å². The summed E-state index contributed by atoms with van der Waals surface area (Å²) in [5.74, 6) is -0.0946. The molecule has 0 aliphatic heterocycles. The summed E-state index contributed by atoms with van der Waals surface area (Å²) in [5.41, 5.74) is 1.21. The smallest absolute Gasteiger partial charge is 0.493 e. The SMILES string of the molecule is CCOC(=O)COc1c(OC)cc(-c2ccc(OC(F)(F)F)cc2)cc1OC. The average molecular weight is 400 g/mol. The number of alkyl halides is 3. The monoisotopic (exact) mass is 400 g/mol. The topological polar surface area (TPSA) is 63.2 Å². The zero-order chi connectivity index (χ0) is 20.7. The lowest BCUT2D eigenvalue weighted by Gasteiger charge is -2.16. The number of carbonyl (C=O) groups excluding carboxylic acids is 1. The number of hydrogen-bond donors (Lipinski definition) is 0. The summed E-state index contributed by atoms with van der Waals surface area (Å²) in [6, 6.07) is 8.56. The second kappa shape index (κ2) is 9.20. The predicted molar refractivity (Wildman–Crippen MR) is 93.8 cm³/mol. The number of ether oxygens (including phenoxy) is 5. The molecule has 0 fully saturated rings. The number of rotatable bonds is 8. The van der Waals surface area contributed by atoms with Crippen LogP contribution in [0, 0.1) is 0 Å². The molecule has 0 aromatic heterocycles. The first-order valence-corrected chi connectivity index (χ1v) is 8.18. The van der Waals surface area contributed by atoms with Gasteiger partial charge in [-0.3, -0.25) is 0 Å². The Morgan fingerprint density at radius 1 is 0.964 bits per heavy atom. The Morgan fingerprint density at radius 3 is 2.00 bits per heavy atom. The third-order valence-corrected chi connectivity index (χ3v) is 3.52. The van der Waals surface area contributed by atoms with E-state index in [1.165, 1.54) is 38.5 Å². The fourth-order valence-corrected chi connectivity index (χ4v) is 2.37. The molecule has 0 aliphatic carbocycles. The van der Waals surface area contributed by atoms with Crippen LogP contribution in [0.1, 0.15) is 6.92 Å². The Morgan fingerprint density at radius 2 is 1.54 bits per heavy atom. The molecule has 0 aliphatic rings. The largest absolute Gasteiger partial charge is 0.573 e. The average Bonchev–Trinajstić information content (AvgIpc) is 2.65. The Bertz CT molecular complexity index is 777. The molecular formula is C19H19F3O6. The van der Waals surface area contributed by atoms with Crippen LogP contribution in [0.5, 0.6) is 23.0 Å². The van der Waals surface area contributed by atoms with E-state index in [0.29, 0.717) is 11.1 Å². The minimum Gasteiger partial charge on any atom is -0.493 e. The highest BCUT2D eigenvalue weighted by atomic mass is 19.4. The Hall–Kier alpha value is -3.10. The molecule has 2 rings (SSSR count). The molecule has 0 amide bonds. The predicted octanol–water partition coefficient (Wildman–Crippen LogP) is 4.21. The van der Waals surface area contributed by atoms with Crippen molar-refractivity contribution in [1.82, 2.24) is 0 Å². The fourth-order valence-electron chi connectivity index (χ4n) is 2.37. The van der Waals surface area contributed by atoms with Crippen LogP contribution in [0.15, 0.2) is 36.4 Å². The molecule has 0 N–H and O–H groups in total. The zero-order valence-corrected chi connectivity index (χ0v) is 15.5. The first-order chi connectivity index (χ1) is 13.3. The van der Waals surface area contributed by atoms with E-state index < -0.39 is 12.3 Å².